The lowest BCUT2D eigenvalue weighted by atomic mass is 9.83. The number of hydrogen-bond donors (Lipinski definition) is 1. The summed E-state index contributed by atoms with van der Waals surface area (Å²) in [6.07, 6.45) is 1.78. The average Bonchev–Trinajstić information content (AvgIpc) is 2.52. The van der Waals surface area contributed by atoms with Gasteiger partial charge in [0, 0.05) is 30.8 Å². The molecule has 0 spiro atoms. The molecular weight excluding hydrogens is 274 g/mol. The summed E-state index contributed by atoms with van der Waals surface area (Å²) < 4.78 is 0. The van der Waals surface area contributed by atoms with Gasteiger partial charge in [0.25, 0.3) is 0 Å². The van der Waals surface area contributed by atoms with E-state index >= 15 is 0 Å². The van der Waals surface area contributed by atoms with E-state index in [1.54, 1.807) is 13.1 Å². The molecule has 0 radical (unpaired) electrons. The van der Waals surface area contributed by atoms with E-state index in [1.165, 1.54) is 0 Å². The Kier molecular flexibility index (Phi) is 3.84. The number of para-hydroxylation sites is 1. The van der Waals surface area contributed by atoms with Gasteiger partial charge in [-0.2, -0.15) is 0 Å². The Morgan fingerprint density at radius 3 is 2.55 bits per heavy atom. The molecule has 1 aromatic heterocycles. The van der Waals surface area contributed by atoms with Crippen LogP contribution in [0.3, 0.4) is 0 Å². The number of anilines is 2. The Bertz CT molecular complexity index is 671. The molecule has 2 heterocycles. The Morgan fingerprint density at radius 2 is 1.86 bits per heavy atom. The molecule has 0 fully saturated rings. The van der Waals surface area contributed by atoms with Crippen LogP contribution in [0, 0.1) is 5.92 Å². The molecule has 2 aromatic rings. The van der Waals surface area contributed by atoms with Crippen molar-refractivity contribution in [1.29, 1.82) is 0 Å². The fourth-order valence-corrected chi connectivity index (χ4v) is 3.26. The van der Waals surface area contributed by atoms with Gasteiger partial charge in [-0.05, 0) is 30.7 Å². The highest BCUT2D eigenvalue weighted by Crippen LogP contribution is 2.41. The summed E-state index contributed by atoms with van der Waals surface area (Å²) in [4.78, 5) is 18.3. The summed E-state index contributed by atoms with van der Waals surface area (Å²) in [5.74, 6) is 1.22. The molecule has 0 bridgehead atoms. The monoisotopic (exact) mass is 295 g/mol. The fourth-order valence-electron chi connectivity index (χ4n) is 3.26. The smallest absolute Gasteiger partial charge is 0.224 e. The molecule has 4 heteroatoms. The highest BCUT2D eigenvalue weighted by Gasteiger charge is 2.37. The minimum atomic E-state index is 0.0862. The molecule has 0 aliphatic carbocycles. The summed E-state index contributed by atoms with van der Waals surface area (Å²) in [6.45, 7) is 5.92. The molecule has 1 amide bonds. The maximum atomic E-state index is 12.1. The molecule has 3 atom stereocenters. The van der Waals surface area contributed by atoms with Crippen LogP contribution in [0.15, 0.2) is 48.7 Å². The third-order valence-electron chi connectivity index (χ3n) is 4.53. The molecule has 3 rings (SSSR count). The summed E-state index contributed by atoms with van der Waals surface area (Å²) >= 11 is 0. The average molecular weight is 295 g/mol. The van der Waals surface area contributed by atoms with E-state index < -0.39 is 0 Å². The van der Waals surface area contributed by atoms with Crippen LogP contribution >= 0.6 is 0 Å². The lowest BCUT2D eigenvalue weighted by Crippen LogP contribution is -2.48. The number of aromatic nitrogens is 1. The molecular formula is C18H21N3O. The first-order valence-electron chi connectivity index (χ1n) is 7.66. The van der Waals surface area contributed by atoms with E-state index in [4.69, 9.17) is 0 Å². The Hall–Kier alpha value is -2.36. The van der Waals surface area contributed by atoms with Crippen LogP contribution in [0.25, 0.3) is 0 Å². The number of nitrogens with zero attached hydrogens (tertiary/aromatic N) is 2. The summed E-state index contributed by atoms with van der Waals surface area (Å²) in [5, 5.41) is 3.53. The van der Waals surface area contributed by atoms with Crippen LogP contribution in [0.4, 0.5) is 11.5 Å². The Balaban J connectivity index is 2.03. The summed E-state index contributed by atoms with van der Waals surface area (Å²) in [5.41, 5.74) is 2.14. The van der Waals surface area contributed by atoms with Crippen LogP contribution in [0.2, 0.25) is 0 Å². The first kappa shape index (κ1) is 14.6. The van der Waals surface area contributed by atoms with Crippen molar-refractivity contribution >= 4 is 17.4 Å². The van der Waals surface area contributed by atoms with Crippen LogP contribution in [0.1, 0.15) is 32.4 Å². The van der Waals surface area contributed by atoms with Crippen molar-refractivity contribution in [3.63, 3.8) is 0 Å². The molecule has 1 aromatic carbocycles. The molecule has 0 saturated heterocycles. The Labute approximate surface area is 131 Å². The largest absolute Gasteiger partial charge is 0.363 e. The van der Waals surface area contributed by atoms with Crippen LogP contribution in [-0.2, 0) is 4.79 Å². The zero-order valence-electron chi connectivity index (χ0n) is 13.2. The van der Waals surface area contributed by atoms with Gasteiger partial charge < -0.3 is 10.2 Å². The van der Waals surface area contributed by atoms with E-state index in [-0.39, 0.29) is 23.9 Å². The third-order valence-corrected chi connectivity index (χ3v) is 4.53. The van der Waals surface area contributed by atoms with E-state index in [1.807, 2.05) is 41.3 Å². The highest BCUT2D eigenvalue weighted by atomic mass is 16.2. The number of carbonyl (C=O) groups is 1. The van der Waals surface area contributed by atoms with Gasteiger partial charge in [0.2, 0.25) is 5.91 Å². The maximum absolute atomic E-state index is 12.1. The number of fused-ring (bicyclic) bond motifs is 1. The lowest BCUT2D eigenvalue weighted by Gasteiger charge is -2.43. The van der Waals surface area contributed by atoms with Gasteiger partial charge in [0.05, 0.1) is 6.04 Å². The molecule has 1 aliphatic heterocycles. The van der Waals surface area contributed by atoms with Crippen LogP contribution in [0.5, 0.6) is 0 Å². The number of amides is 1. The topological polar surface area (TPSA) is 45.2 Å². The molecule has 1 N–H and O–H groups in total. The second-order valence-electron chi connectivity index (χ2n) is 5.88. The number of hydrogen-bond acceptors (Lipinski definition) is 3. The minimum absolute atomic E-state index is 0.0862. The first-order valence-corrected chi connectivity index (χ1v) is 7.66. The first-order chi connectivity index (χ1) is 10.6. The predicted molar refractivity (Wildman–Crippen MR) is 88.8 cm³/mol. The minimum Gasteiger partial charge on any atom is -0.363 e. The van der Waals surface area contributed by atoms with Crippen molar-refractivity contribution in [2.24, 2.45) is 5.92 Å². The van der Waals surface area contributed by atoms with E-state index in [0.29, 0.717) is 0 Å². The predicted octanol–water partition coefficient (Wildman–Crippen LogP) is 3.63. The second kappa shape index (κ2) is 5.79. The van der Waals surface area contributed by atoms with Gasteiger partial charge in [0.15, 0.2) is 0 Å². The van der Waals surface area contributed by atoms with Crippen molar-refractivity contribution in [2.45, 2.75) is 32.9 Å². The van der Waals surface area contributed by atoms with E-state index in [0.717, 1.165) is 17.1 Å². The van der Waals surface area contributed by atoms with Crippen molar-refractivity contribution in [3.05, 3.63) is 54.2 Å². The number of benzene rings is 1. The van der Waals surface area contributed by atoms with Gasteiger partial charge in [-0.15, -0.1) is 0 Å². The van der Waals surface area contributed by atoms with Gasteiger partial charge in [-0.3, -0.25) is 4.79 Å². The van der Waals surface area contributed by atoms with Gasteiger partial charge in [-0.25, -0.2) is 4.98 Å². The van der Waals surface area contributed by atoms with Crippen molar-refractivity contribution in [2.75, 3.05) is 10.2 Å². The number of pyridine rings is 1. The van der Waals surface area contributed by atoms with E-state index in [9.17, 15) is 4.79 Å². The zero-order valence-corrected chi connectivity index (χ0v) is 13.2. The summed E-state index contributed by atoms with van der Waals surface area (Å²) in [6, 6.07) is 14.2. The SMILES string of the molecule is CC(=O)N1c2ccccc2[C@H](Nc2ccccn2)[C@@H](C)[C@@H]1C. The lowest BCUT2D eigenvalue weighted by molar-refractivity contribution is -0.117. The molecule has 0 saturated carbocycles. The van der Waals surface area contributed by atoms with Crippen LogP contribution < -0.4 is 10.2 Å². The Morgan fingerprint density at radius 1 is 1.14 bits per heavy atom. The highest BCUT2D eigenvalue weighted by molar-refractivity contribution is 5.93. The second-order valence-corrected chi connectivity index (χ2v) is 5.88. The molecule has 22 heavy (non-hydrogen) atoms. The van der Waals surface area contributed by atoms with Crippen molar-refractivity contribution < 1.29 is 4.79 Å². The van der Waals surface area contributed by atoms with Gasteiger partial charge in [-0.1, -0.05) is 31.2 Å². The number of rotatable bonds is 2. The van der Waals surface area contributed by atoms with Crippen molar-refractivity contribution in [3.8, 4) is 0 Å². The van der Waals surface area contributed by atoms with Gasteiger partial charge >= 0.3 is 0 Å². The molecule has 1 aliphatic rings. The maximum Gasteiger partial charge on any atom is 0.224 e. The molecule has 0 unspecified atom stereocenters. The van der Waals surface area contributed by atoms with Gasteiger partial charge in [0.1, 0.15) is 5.82 Å². The number of nitrogens with one attached hydrogen (secondary N) is 1. The van der Waals surface area contributed by atoms with E-state index in [2.05, 4.69) is 30.2 Å². The molecule has 114 valence electrons. The third kappa shape index (κ3) is 2.45. The standard InChI is InChI=1S/C18H21N3O/c1-12-13(2)21(14(3)22)16-9-5-4-8-15(16)18(12)20-17-10-6-7-11-19-17/h4-13,18H,1-3H3,(H,19,20)/t12-,13-,18+/m0/s1. The van der Waals surface area contributed by atoms with Crippen LogP contribution in [-0.4, -0.2) is 16.9 Å². The fraction of sp³-hybridized carbons (Fsp3) is 0.333. The quantitative estimate of drug-likeness (QED) is 0.920. The van der Waals surface area contributed by atoms with Crippen molar-refractivity contribution in [1.82, 2.24) is 4.98 Å². The molecule has 4 nitrogen and oxygen atoms in total. The zero-order chi connectivity index (χ0) is 15.7. The summed E-state index contributed by atoms with van der Waals surface area (Å²) in [7, 11) is 0. The normalized spacial score (nSPS) is 23.8. The number of carbonyl (C=O) groups excluding carboxylic acids is 1.